The smallest absolute Gasteiger partial charge is 0.134 e. The predicted octanol–water partition coefficient (Wildman–Crippen LogP) is 2.03. The quantitative estimate of drug-likeness (QED) is 0.876. The molecule has 0 radical (unpaired) electrons. The first-order chi connectivity index (χ1) is 8.72. The minimum Gasteiger partial charge on any atom is -0.497 e. The summed E-state index contributed by atoms with van der Waals surface area (Å²) in [4.78, 5) is 0. The molecule has 2 rings (SSSR count). The maximum atomic E-state index is 5.68. The normalized spacial score (nSPS) is 10.4. The average Bonchev–Trinajstić information content (AvgIpc) is 2.82. The summed E-state index contributed by atoms with van der Waals surface area (Å²) in [6.07, 6.45) is 0. The van der Waals surface area contributed by atoms with Gasteiger partial charge in [-0.1, -0.05) is 5.16 Å². The Kier molecular flexibility index (Phi) is 3.84. The first-order valence-electron chi connectivity index (χ1n) is 5.65. The number of ether oxygens (including phenoxy) is 2. The average molecular weight is 248 g/mol. The van der Waals surface area contributed by atoms with Crippen molar-refractivity contribution in [2.24, 2.45) is 5.73 Å². The Morgan fingerprint density at radius 3 is 2.78 bits per heavy atom. The molecule has 0 amide bonds. The summed E-state index contributed by atoms with van der Waals surface area (Å²) in [5.74, 6) is 2.27. The molecule has 5 heteroatoms. The van der Waals surface area contributed by atoms with E-state index in [0.29, 0.717) is 13.2 Å². The molecule has 0 aliphatic heterocycles. The summed E-state index contributed by atoms with van der Waals surface area (Å²) >= 11 is 0. The van der Waals surface area contributed by atoms with Crippen LogP contribution in [0.3, 0.4) is 0 Å². The maximum Gasteiger partial charge on any atom is 0.134 e. The van der Waals surface area contributed by atoms with Crippen molar-refractivity contribution >= 4 is 0 Å². The number of aromatic nitrogens is 1. The van der Waals surface area contributed by atoms with Gasteiger partial charge in [0.05, 0.1) is 7.11 Å². The number of nitrogens with zero attached hydrogens (tertiary/aromatic N) is 1. The van der Waals surface area contributed by atoms with Gasteiger partial charge in [0.15, 0.2) is 0 Å². The van der Waals surface area contributed by atoms with Crippen molar-refractivity contribution in [2.45, 2.75) is 20.1 Å². The molecule has 0 saturated heterocycles. The van der Waals surface area contributed by atoms with Gasteiger partial charge in [-0.25, -0.2) is 0 Å². The lowest BCUT2D eigenvalue weighted by Crippen LogP contribution is -2.03. The van der Waals surface area contributed by atoms with E-state index in [1.54, 1.807) is 7.11 Å². The Labute approximate surface area is 105 Å². The molecule has 96 valence electrons. The zero-order chi connectivity index (χ0) is 13.0. The number of hydrogen-bond donors (Lipinski definition) is 1. The minimum absolute atomic E-state index is 0.358. The Morgan fingerprint density at radius 2 is 2.17 bits per heavy atom. The Bertz CT molecular complexity index is 523. The fourth-order valence-corrected chi connectivity index (χ4v) is 1.62. The molecule has 2 N–H and O–H groups in total. The van der Waals surface area contributed by atoms with Gasteiger partial charge in [0.2, 0.25) is 0 Å². The molecule has 18 heavy (non-hydrogen) atoms. The third-order valence-corrected chi connectivity index (χ3v) is 2.54. The fourth-order valence-electron chi connectivity index (χ4n) is 1.62. The van der Waals surface area contributed by atoms with Crippen LogP contribution in [0, 0.1) is 6.92 Å². The van der Waals surface area contributed by atoms with Crippen LogP contribution in [-0.2, 0) is 13.2 Å². The van der Waals surface area contributed by atoms with Crippen molar-refractivity contribution in [1.29, 1.82) is 0 Å². The molecular weight excluding hydrogens is 232 g/mol. The van der Waals surface area contributed by atoms with Crippen LogP contribution < -0.4 is 15.2 Å². The Hall–Kier alpha value is -2.01. The largest absolute Gasteiger partial charge is 0.497 e. The zero-order valence-electron chi connectivity index (χ0n) is 10.5. The first-order valence-corrected chi connectivity index (χ1v) is 5.65. The van der Waals surface area contributed by atoms with Crippen LogP contribution in [0.1, 0.15) is 17.0 Å². The van der Waals surface area contributed by atoms with E-state index in [-0.39, 0.29) is 0 Å². The third kappa shape index (κ3) is 2.81. The van der Waals surface area contributed by atoms with E-state index in [1.807, 2.05) is 31.2 Å². The molecule has 0 aliphatic carbocycles. The standard InChI is InChI=1S/C13H16N2O3/c1-9-5-11(15-18-9)8-17-13-4-3-12(16-2)6-10(13)7-14/h3-6H,7-8,14H2,1-2H3. The van der Waals surface area contributed by atoms with Gasteiger partial charge in [0.25, 0.3) is 0 Å². The molecular formula is C13H16N2O3. The number of hydrogen-bond acceptors (Lipinski definition) is 5. The van der Waals surface area contributed by atoms with Gasteiger partial charge in [-0.05, 0) is 25.1 Å². The molecule has 0 aliphatic rings. The summed E-state index contributed by atoms with van der Waals surface area (Å²) in [5.41, 5.74) is 7.33. The molecule has 0 bridgehead atoms. The van der Waals surface area contributed by atoms with Gasteiger partial charge in [-0.15, -0.1) is 0 Å². The lowest BCUT2D eigenvalue weighted by atomic mass is 10.2. The van der Waals surface area contributed by atoms with Crippen molar-refractivity contribution < 1.29 is 14.0 Å². The van der Waals surface area contributed by atoms with Crippen molar-refractivity contribution in [2.75, 3.05) is 7.11 Å². The van der Waals surface area contributed by atoms with Crippen LogP contribution in [0.2, 0.25) is 0 Å². The van der Waals surface area contributed by atoms with E-state index in [0.717, 1.165) is 28.5 Å². The maximum absolute atomic E-state index is 5.68. The summed E-state index contributed by atoms with van der Waals surface area (Å²) in [5, 5.41) is 3.86. The molecule has 1 aromatic carbocycles. The van der Waals surface area contributed by atoms with E-state index in [2.05, 4.69) is 5.16 Å². The number of nitrogens with two attached hydrogens (primary N) is 1. The summed E-state index contributed by atoms with van der Waals surface area (Å²) < 4.78 is 15.8. The molecule has 0 atom stereocenters. The number of aryl methyl sites for hydroxylation is 1. The summed E-state index contributed by atoms with van der Waals surface area (Å²) in [6, 6.07) is 7.38. The van der Waals surface area contributed by atoms with E-state index in [9.17, 15) is 0 Å². The highest BCUT2D eigenvalue weighted by molar-refractivity contribution is 5.40. The SMILES string of the molecule is COc1ccc(OCc2cc(C)on2)c(CN)c1. The van der Waals surface area contributed by atoms with E-state index < -0.39 is 0 Å². The van der Waals surface area contributed by atoms with Gasteiger partial charge in [0.1, 0.15) is 29.6 Å². The Morgan fingerprint density at radius 1 is 1.33 bits per heavy atom. The lowest BCUT2D eigenvalue weighted by molar-refractivity contribution is 0.284. The highest BCUT2D eigenvalue weighted by Gasteiger charge is 2.06. The van der Waals surface area contributed by atoms with Gasteiger partial charge < -0.3 is 19.7 Å². The van der Waals surface area contributed by atoms with Gasteiger partial charge >= 0.3 is 0 Å². The third-order valence-electron chi connectivity index (χ3n) is 2.54. The topological polar surface area (TPSA) is 70.5 Å². The van der Waals surface area contributed by atoms with Crippen LogP contribution in [0.15, 0.2) is 28.8 Å². The summed E-state index contributed by atoms with van der Waals surface area (Å²) in [6.45, 7) is 2.59. The highest BCUT2D eigenvalue weighted by Crippen LogP contribution is 2.24. The molecule has 1 aromatic heterocycles. The highest BCUT2D eigenvalue weighted by atomic mass is 16.5. The molecule has 0 fully saturated rings. The predicted molar refractivity (Wildman–Crippen MR) is 66.5 cm³/mol. The van der Waals surface area contributed by atoms with Crippen LogP contribution >= 0.6 is 0 Å². The second-order valence-corrected chi connectivity index (χ2v) is 3.90. The summed E-state index contributed by atoms with van der Waals surface area (Å²) in [7, 11) is 1.62. The second kappa shape index (κ2) is 5.55. The van der Waals surface area contributed by atoms with Crippen LogP contribution in [0.5, 0.6) is 11.5 Å². The molecule has 2 aromatic rings. The van der Waals surface area contributed by atoms with E-state index >= 15 is 0 Å². The van der Waals surface area contributed by atoms with E-state index in [1.165, 1.54) is 0 Å². The number of rotatable bonds is 5. The molecule has 1 heterocycles. The lowest BCUT2D eigenvalue weighted by Gasteiger charge is -2.10. The van der Waals surface area contributed by atoms with E-state index in [4.69, 9.17) is 19.7 Å². The molecule has 5 nitrogen and oxygen atoms in total. The second-order valence-electron chi connectivity index (χ2n) is 3.90. The minimum atomic E-state index is 0.358. The molecule has 0 spiro atoms. The zero-order valence-corrected chi connectivity index (χ0v) is 10.5. The molecule has 0 unspecified atom stereocenters. The van der Waals surface area contributed by atoms with Crippen LogP contribution in [0.4, 0.5) is 0 Å². The monoisotopic (exact) mass is 248 g/mol. The molecule has 0 saturated carbocycles. The van der Waals surface area contributed by atoms with Crippen molar-refractivity contribution in [3.63, 3.8) is 0 Å². The number of benzene rings is 1. The van der Waals surface area contributed by atoms with Crippen molar-refractivity contribution in [3.05, 3.63) is 41.3 Å². The number of methoxy groups -OCH3 is 1. The van der Waals surface area contributed by atoms with Crippen LogP contribution in [-0.4, -0.2) is 12.3 Å². The fraction of sp³-hybridized carbons (Fsp3) is 0.308. The van der Waals surface area contributed by atoms with Gasteiger partial charge in [0, 0.05) is 18.2 Å². The van der Waals surface area contributed by atoms with Crippen molar-refractivity contribution in [3.8, 4) is 11.5 Å². The van der Waals surface area contributed by atoms with Crippen LogP contribution in [0.25, 0.3) is 0 Å². The van der Waals surface area contributed by atoms with Gasteiger partial charge in [-0.2, -0.15) is 0 Å². The first kappa shape index (κ1) is 12.4. The Balaban J connectivity index is 2.08. The van der Waals surface area contributed by atoms with Gasteiger partial charge in [-0.3, -0.25) is 0 Å². The van der Waals surface area contributed by atoms with Crippen molar-refractivity contribution in [1.82, 2.24) is 5.16 Å².